The van der Waals surface area contributed by atoms with Crippen LogP contribution >= 0.6 is 15.9 Å². The van der Waals surface area contributed by atoms with Gasteiger partial charge in [0.15, 0.2) is 0 Å². The topological polar surface area (TPSA) is 59.4 Å². The maximum absolute atomic E-state index is 12.5. The van der Waals surface area contributed by atoms with Crippen molar-refractivity contribution < 1.29 is 36.6 Å². The molecule has 1 rings (SSSR count). The van der Waals surface area contributed by atoms with Crippen LogP contribution in [0.15, 0.2) is 6.07 Å². The van der Waals surface area contributed by atoms with Crippen LogP contribution in [0.4, 0.5) is 22.0 Å². The van der Waals surface area contributed by atoms with Gasteiger partial charge in [-0.3, -0.25) is 0 Å². The second-order valence-corrected chi connectivity index (χ2v) is 3.73. The van der Waals surface area contributed by atoms with Crippen molar-refractivity contribution >= 4 is 21.9 Å². The number of halogens is 6. The van der Waals surface area contributed by atoms with E-state index in [2.05, 4.69) is 25.7 Å². The number of hydrogen-bond acceptors (Lipinski definition) is 3. The molecular formula is C9H5BrF5NO3. The molecule has 1 N–H and O–H groups in total. The fourth-order valence-electron chi connectivity index (χ4n) is 1.22. The maximum Gasteiger partial charge on any atom is 0.574 e. The average molecular weight is 350 g/mol. The van der Waals surface area contributed by atoms with Gasteiger partial charge in [-0.15, -0.1) is 13.2 Å². The summed E-state index contributed by atoms with van der Waals surface area (Å²) in [6.45, 7) is 0. The van der Waals surface area contributed by atoms with Crippen molar-refractivity contribution in [1.82, 2.24) is 4.98 Å². The Bertz CT molecular complexity index is 491. The third kappa shape index (κ3) is 4.01. The number of nitrogens with zero attached hydrogens (tertiary/aromatic N) is 1. The van der Waals surface area contributed by atoms with Gasteiger partial charge < -0.3 is 9.84 Å². The molecule has 0 aliphatic rings. The first-order chi connectivity index (χ1) is 8.65. The molecule has 106 valence electrons. The predicted molar refractivity (Wildman–Crippen MR) is 55.5 cm³/mol. The number of rotatable bonds is 4. The number of ether oxygens (including phenoxy) is 1. The number of aromatic nitrogens is 1. The van der Waals surface area contributed by atoms with Gasteiger partial charge in [0.05, 0.1) is 0 Å². The summed E-state index contributed by atoms with van der Waals surface area (Å²) in [6, 6.07) is 0.701. The van der Waals surface area contributed by atoms with Crippen LogP contribution in [0.1, 0.15) is 28.0 Å². The molecule has 1 aromatic rings. The fraction of sp³-hybridized carbons (Fsp3) is 0.333. The highest BCUT2D eigenvalue weighted by molar-refractivity contribution is 9.08. The second-order valence-electron chi connectivity index (χ2n) is 3.17. The third-order valence-corrected chi connectivity index (χ3v) is 2.49. The minimum Gasteiger partial charge on any atom is -0.477 e. The third-order valence-electron chi connectivity index (χ3n) is 1.88. The quantitative estimate of drug-likeness (QED) is 0.667. The van der Waals surface area contributed by atoms with Crippen molar-refractivity contribution in [3.8, 4) is 5.88 Å². The first-order valence-electron chi connectivity index (χ1n) is 4.52. The molecule has 0 amide bonds. The van der Waals surface area contributed by atoms with E-state index < -0.39 is 35.9 Å². The van der Waals surface area contributed by atoms with E-state index in [9.17, 15) is 26.7 Å². The lowest BCUT2D eigenvalue weighted by atomic mass is 10.1. The number of alkyl halides is 6. The van der Waals surface area contributed by atoms with Gasteiger partial charge in [0.25, 0.3) is 6.43 Å². The zero-order chi connectivity index (χ0) is 14.8. The highest BCUT2D eigenvalue weighted by Gasteiger charge is 2.35. The molecule has 0 aromatic carbocycles. The molecule has 0 aliphatic carbocycles. The van der Waals surface area contributed by atoms with Gasteiger partial charge in [0, 0.05) is 5.33 Å². The van der Waals surface area contributed by atoms with Crippen LogP contribution in [0.25, 0.3) is 0 Å². The van der Waals surface area contributed by atoms with Crippen LogP contribution in [-0.4, -0.2) is 22.4 Å². The summed E-state index contributed by atoms with van der Waals surface area (Å²) in [7, 11) is 0. The van der Waals surface area contributed by atoms with Crippen molar-refractivity contribution in [1.29, 1.82) is 0 Å². The Morgan fingerprint density at radius 1 is 1.47 bits per heavy atom. The average Bonchev–Trinajstić information content (AvgIpc) is 2.24. The van der Waals surface area contributed by atoms with Gasteiger partial charge in [0.1, 0.15) is 11.3 Å². The normalized spacial score (nSPS) is 11.7. The van der Waals surface area contributed by atoms with Gasteiger partial charge in [0.2, 0.25) is 5.88 Å². The van der Waals surface area contributed by atoms with Crippen molar-refractivity contribution in [2.24, 2.45) is 0 Å². The number of hydrogen-bond donors (Lipinski definition) is 1. The highest BCUT2D eigenvalue weighted by Crippen LogP contribution is 2.31. The van der Waals surface area contributed by atoms with E-state index >= 15 is 0 Å². The largest absolute Gasteiger partial charge is 0.574 e. The SMILES string of the molecule is O=C(O)c1c(CBr)cc(C(F)F)nc1OC(F)(F)F. The predicted octanol–water partition coefficient (Wildman–Crippen LogP) is 3.51. The van der Waals surface area contributed by atoms with E-state index in [4.69, 9.17) is 5.11 Å². The monoisotopic (exact) mass is 349 g/mol. The van der Waals surface area contributed by atoms with E-state index in [0.29, 0.717) is 6.07 Å². The van der Waals surface area contributed by atoms with Crippen molar-refractivity contribution in [3.05, 3.63) is 22.9 Å². The standard InChI is InChI=1S/C9H5BrF5NO3/c10-2-3-1-4(6(11)12)16-7(5(3)8(17)18)19-9(13,14)15/h1,6H,2H2,(H,17,18). The molecule has 10 heteroatoms. The lowest BCUT2D eigenvalue weighted by molar-refractivity contribution is -0.276. The van der Waals surface area contributed by atoms with E-state index in [1.165, 1.54) is 0 Å². The maximum atomic E-state index is 12.5. The van der Waals surface area contributed by atoms with Crippen LogP contribution < -0.4 is 4.74 Å². The summed E-state index contributed by atoms with van der Waals surface area (Å²) < 4.78 is 64.6. The van der Waals surface area contributed by atoms with Gasteiger partial charge in [-0.05, 0) is 11.6 Å². The molecular weight excluding hydrogens is 345 g/mol. The van der Waals surface area contributed by atoms with Crippen LogP contribution in [-0.2, 0) is 5.33 Å². The molecule has 19 heavy (non-hydrogen) atoms. The number of carboxylic acid groups (broad SMARTS) is 1. The van der Waals surface area contributed by atoms with E-state index in [0.717, 1.165) is 0 Å². The fourth-order valence-corrected chi connectivity index (χ4v) is 1.67. The Labute approximate surface area is 111 Å². The molecule has 0 saturated carbocycles. The number of carbonyl (C=O) groups is 1. The molecule has 0 bridgehead atoms. The molecule has 0 spiro atoms. The van der Waals surface area contributed by atoms with Crippen LogP contribution in [0.5, 0.6) is 5.88 Å². The van der Waals surface area contributed by atoms with Crippen LogP contribution in [0.3, 0.4) is 0 Å². The lowest BCUT2D eigenvalue weighted by Gasteiger charge is -2.14. The Hall–Kier alpha value is -1.45. The first kappa shape index (κ1) is 15.6. The minimum atomic E-state index is -5.23. The van der Waals surface area contributed by atoms with Gasteiger partial charge in [-0.2, -0.15) is 0 Å². The molecule has 0 atom stereocenters. The molecule has 0 saturated heterocycles. The highest BCUT2D eigenvalue weighted by atomic mass is 79.9. The molecule has 4 nitrogen and oxygen atoms in total. The number of carboxylic acids is 1. The summed E-state index contributed by atoms with van der Waals surface area (Å²) in [5.41, 5.74) is -2.21. The van der Waals surface area contributed by atoms with Gasteiger partial charge in [-0.1, -0.05) is 15.9 Å². The molecule has 0 fully saturated rings. The van der Waals surface area contributed by atoms with E-state index in [1.807, 2.05) is 0 Å². The zero-order valence-corrected chi connectivity index (χ0v) is 10.4. The molecule has 1 heterocycles. The van der Waals surface area contributed by atoms with Crippen LogP contribution in [0.2, 0.25) is 0 Å². The van der Waals surface area contributed by atoms with Crippen molar-refractivity contribution in [3.63, 3.8) is 0 Å². The smallest absolute Gasteiger partial charge is 0.477 e. The lowest BCUT2D eigenvalue weighted by Crippen LogP contribution is -2.21. The van der Waals surface area contributed by atoms with Gasteiger partial charge >= 0.3 is 12.3 Å². The molecule has 1 aromatic heterocycles. The Balaban J connectivity index is 3.45. The Kier molecular flexibility index (Phi) is 4.66. The second kappa shape index (κ2) is 5.68. The van der Waals surface area contributed by atoms with Gasteiger partial charge in [-0.25, -0.2) is 18.6 Å². The summed E-state index contributed by atoms with van der Waals surface area (Å²) in [5, 5.41) is 8.56. The number of aromatic carboxylic acids is 1. The minimum absolute atomic E-state index is 0.245. The van der Waals surface area contributed by atoms with Crippen LogP contribution in [0, 0.1) is 0 Å². The zero-order valence-electron chi connectivity index (χ0n) is 8.84. The molecule has 0 radical (unpaired) electrons. The molecule has 0 aliphatic heterocycles. The molecule has 0 unspecified atom stereocenters. The summed E-state index contributed by atoms with van der Waals surface area (Å²) >= 11 is 2.80. The Morgan fingerprint density at radius 2 is 2.05 bits per heavy atom. The van der Waals surface area contributed by atoms with Crippen molar-refractivity contribution in [2.75, 3.05) is 0 Å². The first-order valence-corrected chi connectivity index (χ1v) is 5.64. The summed E-state index contributed by atoms with van der Waals surface area (Å²) in [4.78, 5) is 13.8. The van der Waals surface area contributed by atoms with Crippen molar-refractivity contribution in [2.45, 2.75) is 18.1 Å². The van der Waals surface area contributed by atoms with E-state index in [-0.39, 0.29) is 10.9 Å². The van der Waals surface area contributed by atoms with E-state index in [1.54, 1.807) is 0 Å². The summed E-state index contributed by atoms with van der Waals surface area (Å²) in [5.74, 6) is -3.17. The number of pyridine rings is 1. The Morgan fingerprint density at radius 3 is 2.42 bits per heavy atom. The summed E-state index contributed by atoms with van der Waals surface area (Å²) in [6.07, 6.45) is -8.39.